The van der Waals surface area contributed by atoms with Gasteiger partial charge in [0.25, 0.3) is 0 Å². The third-order valence-electron chi connectivity index (χ3n) is 1.15. The highest BCUT2D eigenvalue weighted by Crippen LogP contribution is 2.24. The van der Waals surface area contributed by atoms with Crippen LogP contribution in [-0.4, -0.2) is 0 Å². The van der Waals surface area contributed by atoms with Gasteiger partial charge in [0.15, 0.2) is 0 Å². The SMILES string of the molecule is Cc1ccc(C(C)F)s1. The van der Waals surface area contributed by atoms with Gasteiger partial charge in [-0.3, -0.25) is 0 Å². The first-order chi connectivity index (χ1) is 4.20. The molecule has 1 aromatic heterocycles. The number of thiophene rings is 1. The molecule has 0 aliphatic heterocycles. The molecule has 0 aliphatic rings. The Hall–Kier alpha value is -0.370. The van der Waals surface area contributed by atoms with Gasteiger partial charge < -0.3 is 0 Å². The lowest BCUT2D eigenvalue weighted by Gasteiger charge is -1.92. The summed E-state index contributed by atoms with van der Waals surface area (Å²) in [6.07, 6.45) is -0.802. The minimum atomic E-state index is -0.802. The monoisotopic (exact) mass is 144 g/mol. The topological polar surface area (TPSA) is 0 Å². The van der Waals surface area contributed by atoms with E-state index in [1.165, 1.54) is 16.2 Å². The maximum Gasteiger partial charge on any atom is 0.131 e. The Morgan fingerprint density at radius 2 is 2.22 bits per heavy atom. The highest BCUT2D eigenvalue weighted by Gasteiger charge is 2.03. The van der Waals surface area contributed by atoms with Crippen LogP contribution in [0.3, 0.4) is 0 Å². The normalized spacial score (nSPS) is 13.7. The Bertz CT molecular complexity index is 191. The lowest BCUT2D eigenvalue weighted by atomic mass is 10.3. The predicted molar refractivity (Wildman–Crippen MR) is 38.6 cm³/mol. The summed E-state index contributed by atoms with van der Waals surface area (Å²) in [6, 6.07) is 3.78. The molecule has 0 nitrogen and oxygen atoms in total. The van der Waals surface area contributed by atoms with Gasteiger partial charge in [-0.25, -0.2) is 4.39 Å². The fourth-order valence-electron chi connectivity index (χ4n) is 0.667. The van der Waals surface area contributed by atoms with Crippen LogP contribution in [0, 0.1) is 6.92 Å². The second-order valence-electron chi connectivity index (χ2n) is 2.06. The molecule has 0 aromatic carbocycles. The van der Waals surface area contributed by atoms with Gasteiger partial charge >= 0.3 is 0 Å². The Labute approximate surface area is 58.3 Å². The number of rotatable bonds is 1. The summed E-state index contributed by atoms with van der Waals surface area (Å²) in [5, 5.41) is 0. The Balaban J connectivity index is 2.85. The van der Waals surface area contributed by atoms with Crippen molar-refractivity contribution in [3.63, 3.8) is 0 Å². The molecule has 0 saturated heterocycles. The molecule has 1 heterocycles. The summed E-state index contributed by atoms with van der Waals surface area (Å²) in [6.45, 7) is 3.54. The van der Waals surface area contributed by atoms with E-state index >= 15 is 0 Å². The smallest absolute Gasteiger partial charge is 0.131 e. The molecule has 0 saturated carbocycles. The first-order valence-electron chi connectivity index (χ1n) is 2.90. The van der Waals surface area contributed by atoms with E-state index in [2.05, 4.69) is 0 Å². The minimum Gasteiger partial charge on any atom is -0.242 e. The van der Waals surface area contributed by atoms with Crippen molar-refractivity contribution in [1.82, 2.24) is 0 Å². The van der Waals surface area contributed by atoms with E-state index in [9.17, 15) is 4.39 Å². The van der Waals surface area contributed by atoms with E-state index < -0.39 is 6.17 Å². The molecular formula is C7H9FS. The van der Waals surface area contributed by atoms with Crippen LogP contribution in [0.2, 0.25) is 0 Å². The molecule has 0 fully saturated rings. The summed E-state index contributed by atoms with van der Waals surface area (Å²) < 4.78 is 12.5. The fraction of sp³-hybridized carbons (Fsp3) is 0.429. The van der Waals surface area contributed by atoms with E-state index in [1.54, 1.807) is 6.92 Å². The molecule has 0 aliphatic carbocycles. The predicted octanol–water partition coefficient (Wildman–Crippen LogP) is 3.09. The van der Waals surface area contributed by atoms with E-state index in [0.29, 0.717) is 0 Å². The first-order valence-corrected chi connectivity index (χ1v) is 3.72. The van der Waals surface area contributed by atoms with Gasteiger partial charge in [-0.15, -0.1) is 11.3 Å². The third kappa shape index (κ3) is 1.52. The maximum absolute atomic E-state index is 12.5. The quantitative estimate of drug-likeness (QED) is 0.568. The Morgan fingerprint density at radius 3 is 2.44 bits per heavy atom. The number of hydrogen-bond donors (Lipinski definition) is 0. The summed E-state index contributed by atoms with van der Waals surface area (Å²) in [4.78, 5) is 2.00. The van der Waals surface area contributed by atoms with Gasteiger partial charge in [-0.1, -0.05) is 0 Å². The van der Waals surface area contributed by atoms with E-state index in [1.807, 2.05) is 19.1 Å². The Kier molecular flexibility index (Phi) is 1.86. The molecule has 0 amide bonds. The molecule has 0 bridgehead atoms. The average Bonchev–Trinajstić information content (AvgIpc) is 2.14. The van der Waals surface area contributed by atoms with Gasteiger partial charge in [0.05, 0.1) is 0 Å². The van der Waals surface area contributed by atoms with E-state index in [4.69, 9.17) is 0 Å². The summed E-state index contributed by atoms with van der Waals surface area (Å²) in [7, 11) is 0. The van der Waals surface area contributed by atoms with Crippen LogP contribution in [0.15, 0.2) is 12.1 Å². The zero-order valence-corrected chi connectivity index (χ0v) is 6.33. The molecule has 0 N–H and O–H groups in total. The van der Waals surface area contributed by atoms with E-state index in [-0.39, 0.29) is 0 Å². The van der Waals surface area contributed by atoms with Gasteiger partial charge in [-0.2, -0.15) is 0 Å². The maximum atomic E-state index is 12.5. The fourth-order valence-corrected chi connectivity index (χ4v) is 1.47. The first kappa shape index (κ1) is 6.75. The van der Waals surface area contributed by atoms with Crippen LogP contribution in [0.4, 0.5) is 4.39 Å². The highest BCUT2D eigenvalue weighted by molar-refractivity contribution is 7.11. The summed E-state index contributed by atoms with van der Waals surface area (Å²) >= 11 is 1.52. The van der Waals surface area contributed by atoms with Gasteiger partial charge in [0, 0.05) is 9.75 Å². The number of halogens is 1. The van der Waals surface area contributed by atoms with Crippen LogP contribution in [0.5, 0.6) is 0 Å². The number of hydrogen-bond acceptors (Lipinski definition) is 1. The lowest BCUT2D eigenvalue weighted by molar-refractivity contribution is 0.380. The molecule has 1 unspecified atom stereocenters. The second kappa shape index (κ2) is 2.48. The van der Waals surface area contributed by atoms with Crippen molar-refractivity contribution < 1.29 is 4.39 Å². The molecule has 1 aromatic rings. The van der Waals surface area contributed by atoms with Crippen molar-refractivity contribution >= 4 is 11.3 Å². The molecule has 50 valence electrons. The van der Waals surface area contributed by atoms with Gasteiger partial charge in [0.2, 0.25) is 0 Å². The van der Waals surface area contributed by atoms with Crippen molar-refractivity contribution in [2.45, 2.75) is 20.0 Å². The van der Waals surface area contributed by atoms with Crippen LogP contribution in [0.25, 0.3) is 0 Å². The summed E-state index contributed by atoms with van der Waals surface area (Å²) in [5.74, 6) is 0. The molecule has 0 radical (unpaired) electrons. The molecule has 0 spiro atoms. The standard InChI is InChI=1S/C7H9FS/c1-5-3-4-7(9-5)6(2)8/h3-4,6H,1-2H3. The second-order valence-corrected chi connectivity index (χ2v) is 3.38. The van der Waals surface area contributed by atoms with Crippen molar-refractivity contribution in [3.8, 4) is 0 Å². The van der Waals surface area contributed by atoms with Crippen molar-refractivity contribution in [3.05, 3.63) is 21.9 Å². The van der Waals surface area contributed by atoms with Crippen LogP contribution >= 0.6 is 11.3 Å². The molecule has 1 rings (SSSR count). The summed E-state index contributed by atoms with van der Waals surface area (Å²) in [5.41, 5.74) is 0. The minimum absolute atomic E-state index is 0.802. The van der Waals surface area contributed by atoms with Crippen molar-refractivity contribution in [1.29, 1.82) is 0 Å². The van der Waals surface area contributed by atoms with Gasteiger partial charge in [-0.05, 0) is 26.0 Å². The highest BCUT2D eigenvalue weighted by atomic mass is 32.1. The zero-order valence-electron chi connectivity index (χ0n) is 5.52. The average molecular weight is 144 g/mol. The number of aryl methyl sites for hydroxylation is 1. The zero-order chi connectivity index (χ0) is 6.85. The lowest BCUT2D eigenvalue weighted by Crippen LogP contribution is -1.74. The van der Waals surface area contributed by atoms with Crippen LogP contribution in [0.1, 0.15) is 22.8 Å². The van der Waals surface area contributed by atoms with Crippen LogP contribution in [-0.2, 0) is 0 Å². The molecule has 2 heteroatoms. The third-order valence-corrected chi connectivity index (χ3v) is 2.31. The van der Waals surface area contributed by atoms with Crippen LogP contribution < -0.4 is 0 Å². The molecule has 9 heavy (non-hydrogen) atoms. The molecule has 1 atom stereocenters. The molecular weight excluding hydrogens is 135 g/mol. The van der Waals surface area contributed by atoms with Gasteiger partial charge in [0.1, 0.15) is 6.17 Å². The van der Waals surface area contributed by atoms with E-state index in [0.717, 1.165) is 4.88 Å². The Morgan fingerprint density at radius 1 is 1.56 bits per heavy atom. The van der Waals surface area contributed by atoms with Crippen molar-refractivity contribution in [2.75, 3.05) is 0 Å². The number of alkyl halides is 1. The largest absolute Gasteiger partial charge is 0.242 e. The van der Waals surface area contributed by atoms with Crippen molar-refractivity contribution in [2.24, 2.45) is 0 Å².